The molecule has 2 N–H and O–H groups in total. The monoisotopic (exact) mass is 302 g/mol. The summed E-state index contributed by atoms with van der Waals surface area (Å²) in [5.41, 5.74) is 2.51. The highest BCUT2D eigenvalue weighted by Crippen LogP contribution is 2.28. The third-order valence-corrected chi connectivity index (χ3v) is 3.24. The number of aryl methyl sites for hydroxylation is 1. The summed E-state index contributed by atoms with van der Waals surface area (Å²) in [5.74, 6) is -2.07. The number of rotatable bonds is 2. The SMILES string of the molecule is CC(=O)Nc1ccc(-c2n[nH]c3cc(F)c(F)cc23)nc1C. The van der Waals surface area contributed by atoms with Crippen LogP contribution in [-0.4, -0.2) is 21.1 Å². The maximum atomic E-state index is 13.4. The zero-order valence-electron chi connectivity index (χ0n) is 11.9. The van der Waals surface area contributed by atoms with E-state index in [9.17, 15) is 13.6 Å². The molecule has 0 unspecified atom stereocenters. The lowest BCUT2D eigenvalue weighted by atomic mass is 10.1. The lowest BCUT2D eigenvalue weighted by molar-refractivity contribution is -0.114. The largest absolute Gasteiger partial charge is 0.325 e. The van der Waals surface area contributed by atoms with Crippen molar-refractivity contribution in [2.24, 2.45) is 0 Å². The first-order chi connectivity index (χ1) is 10.5. The van der Waals surface area contributed by atoms with Crippen LogP contribution in [0.1, 0.15) is 12.6 Å². The van der Waals surface area contributed by atoms with Crippen LogP contribution in [0.15, 0.2) is 24.3 Å². The fourth-order valence-corrected chi connectivity index (χ4v) is 2.22. The van der Waals surface area contributed by atoms with Gasteiger partial charge >= 0.3 is 0 Å². The predicted octanol–water partition coefficient (Wildman–Crippen LogP) is 3.17. The molecule has 0 fully saturated rings. The van der Waals surface area contributed by atoms with Gasteiger partial charge in [-0.3, -0.25) is 9.89 Å². The van der Waals surface area contributed by atoms with Crippen LogP contribution >= 0.6 is 0 Å². The van der Waals surface area contributed by atoms with Gasteiger partial charge in [0.15, 0.2) is 11.6 Å². The summed E-state index contributed by atoms with van der Waals surface area (Å²) in [5, 5.41) is 9.83. The lowest BCUT2D eigenvalue weighted by Crippen LogP contribution is -2.08. The van der Waals surface area contributed by atoms with Crippen LogP contribution in [0.2, 0.25) is 0 Å². The summed E-state index contributed by atoms with van der Waals surface area (Å²) in [6, 6.07) is 5.50. The van der Waals surface area contributed by atoms with Crippen LogP contribution in [0.3, 0.4) is 0 Å². The first kappa shape index (κ1) is 14.1. The van der Waals surface area contributed by atoms with Gasteiger partial charge in [0.25, 0.3) is 0 Å². The molecule has 1 amide bonds. The zero-order valence-corrected chi connectivity index (χ0v) is 11.9. The van der Waals surface area contributed by atoms with Crippen molar-refractivity contribution in [1.29, 1.82) is 0 Å². The molecule has 3 rings (SSSR count). The van der Waals surface area contributed by atoms with E-state index in [2.05, 4.69) is 20.5 Å². The number of aromatic nitrogens is 3. The number of carbonyl (C=O) groups excluding carboxylic acids is 1. The molecule has 0 spiro atoms. The maximum Gasteiger partial charge on any atom is 0.221 e. The molecule has 0 atom stereocenters. The summed E-state index contributed by atoms with van der Waals surface area (Å²) in [4.78, 5) is 15.4. The van der Waals surface area contributed by atoms with Crippen molar-refractivity contribution in [2.75, 3.05) is 5.32 Å². The minimum absolute atomic E-state index is 0.194. The van der Waals surface area contributed by atoms with Gasteiger partial charge in [-0.25, -0.2) is 13.8 Å². The summed E-state index contributed by atoms with van der Waals surface area (Å²) in [6.45, 7) is 3.15. The van der Waals surface area contributed by atoms with E-state index < -0.39 is 11.6 Å². The topological polar surface area (TPSA) is 70.7 Å². The minimum atomic E-state index is -0.943. The van der Waals surface area contributed by atoms with E-state index in [-0.39, 0.29) is 5.91 Å². The van der Waals surface area contributed by atoms with E-state index in [1.54, 1.807) is 19.1 Å². The molecule has 2 aromatic heterocycles. The average Bonchev–Trinajstić information content (AvgIpc) is 2.84. The first-order valence-electron chi connectivity index (χ1n) is 6.54. The Kier molecular flexibility index (Phi) is 3.32. The Morgan fingerprint density at radius 3 is 2.64 bits per heavy atom. The van der Waals surface area contributed by atoms with Gasteiger partial charge in [-0.2, -0.15) is 5.10 Å². The molecule has 0 aliphatic rings. The molecule has 7 heteroatoms. The second-order valence-electron chi connectivity index (χ2n) is 4.89. The van der Waals surface area contributed by atoms with E-state index >= 15 is 0 Å². The number of anilines is 1. The third-order valence-electron chi connectivity index (χ3n) is 3.24. The summed E-state index contributed by atoms with van der Waals surface area (Å²) in [6.07, 6.45) is 0. The number of fused-ring (bicyclic) bond motifs is 1. The Labute approximate surface area is 124 Å². The van der Waals surface area contributed by atoms with E-state index in [4.69, 9.17) is 0 Å². The second-order valence-corrected chi connectivity index (χ2v) is 4.89. The van der Waals surface area contributed by atoms with E-state index in [0.29, 0.717) is 33.7 Å². The Balaban J connectivity index is 2.10. The number of amides is 1. The zero-order chi connectivity index (χ0) is 15.9. The number of hydrogen-bond acceptors (Lipinski definition) is 3. The number of benzene rings is 1. The molecule has 2 heterocycles. The summed E-state index contributed by atoms with van der Waals surface area (Å²) >= 11 is 0. The number of nitrogens with one attached hydrogen (secondary N) is 2. The molecule has 0 bridgehead atoms. The van der Waals surface area contributed by atoms with Crippen molar-refractivity contribution in [3.8, 4) is 11.4 Å². The molecule has 0 aliphatic heterocycles. The van der Waals surface area contributed by atoms with Crippen molar-refractivity contribution in [2.45, 2.75) is 13.8 Å². The van der Waals surface area contributed by atoms with Crippen LogP contribution in [-0.2, 0) is 4.79 Å². The van der Waals surface area contributed by atoms with Crippen LogP contribution < -0.4 is 5.32 Å². The number of halogens is 2. The highest BCUT2D eigenvalue weighted by molar-refractivity contribution is 5.93. The maximum absolute atomic E-state index is 13.4. The molecular weight excluding hydrogens is 290 g/mol. The third kappa shape index (κ3) is 2.41. The molecule has 5 nitrogen and oxygen atoms in total. The number of carbonyl (C=O) groups is 1. The molecule has 0 saturated heterocycles. The van der Waals surface area contributed by atoms with Crippen LogP contribution in [0.4, 0.5) is 14.5 Å². The number of aromatic amines is 1. The van der Waals surface area contributed by atoms with Crippen molar-refractivity contribution in [3.05, 3.63) is 41.6 Å². The van der Waals surface area contributed by atoms with E-state index in [0.717, 1.165) is 12.1 Å². The fourth-order valence-electron chi connectivity index (χ4n) is 2.22. The van der Waals surface area contributed by atoms with Gasteiger partial charge in [0, 0.05) is 18.4 Å². The van der Waals surface area contributed by atoms with Gasteiger partial charge in [-0.15, -0.1) is 0 Å². The number of hydrogen-bond donors (Lipinski definition) is 2. The summed E-state index contributed by atoms with van der Waals surface area (Å²) in [7, 11) is 0. The minimum Gasteiger partial charge on any atom is -0.325 e. The molecule has 1 aromatic carbocycles. The van der Waals surface area contributed by atoms with Crippen LogP contribution in [0.5, 0.6) is 0 Å². The standard InChI is InChI=1S/C15H12F2N4O/c1-7-12(19-8(2)22)3-4-13(18-7)15-9-5-10(16)11(17)6-14(9)20-21-15/h3-6H,1-2H3,(H,19,22)(H,20,21). The molecule has 22 heavy (non-hydrogen) atoms. The Bertz CT molecular complexity index is 889. The molecule has 0 radical (unpaired) electrons. The Morgan fingerprint density at radius 2 is 1.95 bits per heavy atom. The van der Waals surface area contributed by atoms with E-state index in [1.165, 1.54) is 6.92 Å². The van der Waals surface area contributed by atoms with Gasteiger partial charge < -0.3 is 5.32 Å². The van der Waals surface area contributed by atoms with Gasteiger partial charge in [0.2, 0.25) is 5.91 Å². The van der Waals surface area contributed by atoms with Crippen molar-refractivity contribution >= 4 is 22.5 Å². The molecule has 112 valence electrons. The highest BCUT2D eigenvalue weighted by Gasteiger charge is 2.14. The van der Waals surface area contributed by atoms with Crippen LogP contribution in [0.25, 0.3) is 22.3 Å². The van der Waals surface area contributed by atoms with Crippen molar-refractivity contribution < 1.29 is 13.6 Å². The lowest BCUT2D eigenvalue weighted by Gasteiger charge is -2.07. The molecule has 0 saturated carbocycles. The molecular formula is C15H12F2N4O. The number of pyridine rings is 1. The van der Waals surface area contributed by atoms with Crippen molar-refractivity contribution in [3.63, 3.8) is 0 Å². The second kappa shape index (κ2) is 5.18. The highest BCUT2D eigenvalue weighted by atomic mass is 19.2. The quantitative estimate of drug-likeness (QED) is 0.764. The first-order valence-corrected chi connectivity index (χ1v) is 6.54. The number of nitrogens with zero attached hydrogens (tertiary/aromatic N) is 2. The molecule has 3 aromatic rings. The van der Waals surface area contributed by atoms with Gasteiger partial charge in [0.1, 0.15) is 5.69 Å². The average molecular weight is 302 g/mol. The Morgan fingerprint density at radius 1 is 1.23 bits per heavy atom. The smallest absolute Gasteiger partial charge is 0.221 e. The fraction of sp³-hybridized carbons (Fsp3) is 0.133. The van der Waals surface area contributed by atoms with Gasteiger partial charge in [-0.05, 0) is 25.1 Å². The van der Waals surface area contributed by atoms with E-state index in [1.807, 2.05) is 0 Å². The molecule has 0 aliphatic carbocycles. The number of H-pyrrole nitrogens is 1. The summed E-state index contributed by atoms with van der Waals surface area (Å²) < 4.78 is 26.6. The Hall–Kier alpha value is -2.83. The van der Waals surface area contributed by atoms with Gasteiger partial charge in [0.05, 0.1) is 22.6 Å². The van der Waals surface area contributed by atoms with Gasteiger partial charge in [-0.1, -0.05) is 0 Å². The normalized spacial score (nSPS) is 10.9. The van der Waals surface area contributed by atoms with Crippen LogP contribution in [0, 0.1) is 18.6 Å². The predicted molar refractivity (Wildman–Crippen MR) is 78.3 cm³/mol. The van der Waals surface area contributed by atoms with Crippen molar-refractivity contribution in [1.82, 2.24) is 15.2 Å².